The lowest BCUT2D eigenvalue weighted by Gasteiger charge is -2.26. The van der Waals surface area contributed by atoms with E-state index in [1.54, 1.807) is 0 Å². The van der Waals surface area contributed by atoms with Crippen molar-refractivity contribution in [2.24, 2.45) is 11.8 Å². The summed E-state index contributed by atoms with van der Waals surface area (Å²) in [4.78, 5) is 23.5. The van der Waals surface area contributed by atoms with Crippen LogP contribution in [-0.2, 0) is 19.1 Å². The molecule has 21 heavy (non-hydrogen) atoms. The van der Waals surface area contributed by atoms with Crippen LogP contribution in [0.15, 0.2) is 0 Å². The zero-order chi connectivity index (χ0) is 15.8. The van der Waals surface area contributed by atoms with Crippen molar-refractivity contribution in [2.75, 3.05) is 0 Å². The number of carbonyl (C=O) groups excluding carboxylic acids is 2. The summed E-state index contributed by atoms with van der Waals surface area (Å²) in [5.41, 5.74) is 0. The molecule has 0 radical (unpaired) electrons. The third kappa shape index (κ3) is 6.96. The summed E-state index contributed by atoms with van der Waals surface area (Å²) in [5, 5.41) is 0. The van der Waals surface area contributed by atoms with Gasteiger partial charge >= 0.3 is 11.9 Å². The summed E-state index contributed by atoms with van der Waals surface area (Å²) in [7, 11) is 0. The first kappa shape index (κ1) is 18.0. The maximum Gasteiger partial charge on any atom is 0.306 e. The second-order valence-electron chi connectivity index (χ2n) is 6.55. The molecule has 1 saturated carbocycles. The Bertz CT molecular complexity index is 330. The van der Waals surface area contributed by atoms with Gasteiger partial charge in [0.25, 0.3) is 0 Å². The molecule has 1 unspecified atom stereocenters. The van der Waals surface area contributed by atoms with Gasteiger partial charge in [0, 0.05) is 0 Å². The van der Waals surface area contributed by atoms with E-state index >= 15 is 0 Å². The fourth-order valence-electron chi connectivity index (χ4n) is 2.71. The Labute approximate surface area is 128 Å². The Morgan fingerprint density at radius 3 is 2.14 bits per heavy atom. The Hall–Kier alpha value is -1.06. The minimum Gasteiger partial charge on any atom is -0.462 e. The minimum atomic E-state index is -0.301. The second kappa shape index (κ2) is 9.06. The van der Waals surface area contributed by atoms with Crippen LogP contribution in [0.1, 0.15) is 72.6 Å². The Balaban J connectivity index is 2.21. The average Bonchev–Trinajstić information content (AvgIpc) is 2.44. The molecule has 1 aliphatic carbocycles. The number of hydrogen-bond donors (Lipinski definition) is 0. The van der Waals surface area contributed by atoms with Gasteiger partial charge in [-0.3, -0.25) is 9.59 Å². The highest BCUT2D eigenvalue weighted by molar-refractivity contribution is 5.77. The Morgan fingerprint density at radius 1 is 1.05 bits per heavy atom. The van der Waals surface area contributed by atoms with Gasteiger partial charge in [-0.05, 0) is 43.9 Å². The molecule has 0 saturated heterocycles. The van der Waals surface area contributed by atoms with E-state index in [0.29, 0.717) is 5.92 Å². The van der Waals surface area contributed by atoms with Gasteiger partial charge in [0.1, 0.15) is 12.2 Å². The zero-order valence-electron chi connectivity index (χ0n) is 13.9. The molecular weight excluding hydrogens is 268 g/mol. The molecule has 122 valence electrons. The largest absolute Gasteiger partial charge is 0.462 e. The van der Waals surface area contributed by atoms with Crippen molar-refractivity contribution in [3.8, 4) is 0 Å². The molecule has 4 heteroatoms. The maximum absolute atomic E-state index is 11.8. The molecular formula is C17H30O4. The molecule has 0 spiro atoms. The average molecular weight is 298 g/mol. The van der Waals surface area contributed by atoms with E-state index in [9.17, 15) is 9.59 Å². The lowest BCUT2D eigenvalue weighted by Crippen LogP contribution is -2.25. The van der Waals surface area contributed by atoms with Crippen LogP contribution in [0.4, 0.5) is 0 Å². The molecule has 0 amide bonds. The van der Waals surface area contributed by atoms with Gasteiger partial charge in [-0.25, -0.2) is 0 Å². The SMILES string of the molecule is CCC(OC(=O)CCC(=O)OC1CCC(C)CC1)C(C)C. The molecule has 1 aliphatic rings. The number of rotatable bonds is 7. The van der Waals surface area contributed by atoms with Gasteiger partial charge in [-0.2, -0.15) is 0 Å². The summed E-state index contributed by atoms with van der Waals surface area (Å²) in [5.74, 6) is 0.459. The van der Waals surface area contributed by atoms with Crippen LogP contribution in [0.25, 0.3) is 0 Å². The molecule has 1 atom stereocenters. The molecule has 1 fully saturated rings. The van der Waals surface area contributed by atoms with Gasteiger partial charge in [0.15, 0.2) is 0 Å². The summed E-state index contributed by atoms with van der Waals surface area (Å²) in [6.07, 6.45) is 5.15. The van der Waals surface area contributed by atoms with Crippen molar-refractivity contribution in [3.05, 3.63) is 0 Å². The highest BCUT2D eigenvalue weighted by Gasteiger charge is 2.22. The normalized spacial score (nSPS) is 23.7. The van der Waals surface area contributed by atoms with Crippen LogP contribution < -0.4 is 0 Å². The number of ether oxygens (including phenoxy) is 2. The van der Waals surface area contributed by atoms with Crippen molar-refractivity contribution in [1.29, 1.82) is 0 Å². The highest BCUT2D eigenvalue weighted by atomic mass is 16.6. The lowest BCUT2D eigenvalue weighted by molar-refractivity contribution is -0.158. The van der Waals surface area contributed by atoms with Gasteiger partial charge in [-0.15, -0.1) is 0 Å². The summed E-state index contributed by atoms with van der Waals surface area (Å²) in [6, 6.07) is 0. The van der Waals surface area contributed by atoms with E-state index in [1.165, 1.54) is 0 Å². The molecule has 0 aliphatic heterocycles. The van der Waals surface area contributed by atoms with Crippen LogP contribution in [0.5, 0.6) is 0 Å². The molecule has 0 heterocycles. The van der Waals surface area contributed by atoms with Crippen molar-refractivity contribution in [2.45, 2.75) is 84.8 Å². The van der Waals surface area contributed by atoms with Crippen LogP contribution >= 0.6 is 0 Å². The molecule has 0 aromatic carbocycles. The van der Waals surface area contributed by atoms with Crippen molar-refractivity contribution >= 4 is 11.9 Å². The summed E-state index contributed by atoms with van der Waals surface area (Å²) in [6.45, 7) is 8.28. The summed E-state index contributed by atoms with van der Waals surface area (Å²) < 4.78 is 10.8. The van der Waals surface area contributed by atoms with Crippen LogP contribution in [0, 0.1) is 11.8 Å². The topological polar surface area (TPSA) is 52.6 Å². The molecule has 4 nitrogen and oxygen atoms in total. The first-order chi connectivity index (χ1) is 9.92. The van der Waals surface area contributed by atoms with E-state index in [4.69, 9.17) is 9.47 Å². The second-order valence-corrected chi connectivity index (χ2v) is 6.55. The Kier molecular flexibility index (Phi) is 7.76. The monoisotopic (exact) mass is 298 g/mol. The fraction of sp³-hybridized carbons (Fsp3) is 0.882. The van der Waals surface area contributed by atoms with Crippen LogP contribution in [0.3, 0.4) is 0 Å². The smallest absolute Gasteiger partial charge is 0.306 e. The van der Waals surface area contributed by atoms with E-state index in [-0.39, 0.29) is 37.0 Å². The maximum atomic E-state index is 11.8. The molecule has 0 bridgehead atoms. The van der Waals surface area contributed by atoms with Crippen molar-refractivity contribution in [3.63, 3.8) is 0 Å². The van der Waals surface area contributed by atoms with Gasteiger partial charge in [0.05, 0.1) is 12.8 Å². The fourth-order valence-corrected chi connectivity index (χ4v) is 2.71. The quantitative estimate of drug-likeness (QED) is 0.670. The van der Waals surface area contributed by atoms with Crippen molar-refractivity contribution < 1.29 is 19.1 Å². The predicted octanol–water partition coefficient (Wildman–Crippen LogP) is 3.87. The first-order valence-corrected chi connectivity index (χ1v) is 8.31. The third-order valence-electron chi connectivity index (χ3n) is 4.22. The van der Waals surface area contributed by atoms with Gasteiger partial charge in [0.2, 0.25) is 0 Å². The molecule has 1 rings (SSSR count). The predicted molar refractivity (Wildman–Crippen MR) is 81.8 cm³/mol. The van der Waals surface area contributed by atoms with Crippen molar-refractivity contribution in [1.82, 2.24) is 0 Å². The van der Waals surface area contributed by atoms with E-state index < -0.39 is 0 Å². The van der Waals surface area contributed by atoms with Crippen LogP contribution in [0.2, 0.25) is 0 Å². The van der Waals surface area contributed by atoms with E-state index in [0.717, 1.165) is 38.0 Å². The lowest BCUT2D eigenvalue weighted by atomic mass is 9.89. The standard InChI is InChI=1S/C17H30O4/c1-5-15(12(2)3)21-17(19)11-10-16(18)20-14-8-6-13(4)7-9-14/h12-15H,5-11H2,1-4H3. The number of esters is 2. The minimum absolute atomic E-state index is 0.0452. The van der Waals surface area contributed by atoms with Crippen LogP contribution in [-0.4, -0.2) is 24.1 Å². The number of carbonyl (C=O) groups is 2. The summed E-state index contributed by atoms with van der Waals surface area (Å²) >= 11 is 0. The molecule has 0 aromatic heterocycles. The zero-order valence-corrected chi connectivity index (χ0v) is 13.9. The molecule has 0 aromatic rings. The van der Waals surface area contributed by atoms with E-state index in [1.807, 2.05) is 20.8 Å². The third-order valence-corrected chi connectivity index (χ3v) is 4.22. The van der Waals surface area contributed by atoms with Gasteiger partial charge in [-0.1, -0.05) is 27.7 Å². The molecule has 0 N–H and O–H groups in total. The van der Waals surface area contributed by atoms with Gasteiger partial charge < -0.3 is 9.47 Å². The highest BCUT2D eigenvalue weighted by Crippen LogP contribution is 2.25. The first-order valence-electron chi connectivity index (χ1n) is 8.31. The number of hydrogen-bond acceptors (Lipinski definition) is 4. The Morgan fingerprint density at radius 2 is 1.62 bits per heavy atom. The van der Waals surface area contributed by atoms with E-state index in [2.05, 4.69) is 6.92 Å².